The van der Waals surface area contributed by atoms with Crippen molar-refractivity contribution in [2.75, 3.05) is 40.4 Å². The predicted molar refractivity (Wildman–Crippen MR) is 61.7 cm³/mol. The fourth-order valence-corrected chi connectivity index (χ4v) is 1.34. The molecule has 0 spiro atoms. The fraction of sp³-hybridized carbons (Fsp3) is 1.00. The van der Waals surface area contributed by atoms with Crippen LogP contribution < -0.4 is 5.32 Å². The highest BCUT2D eigenvalue weighted by molar-refractivity contribution is 4.62. The summed E-state index contributed by atoms with van der Waals surface area (Å²) >= 11 is 0. The third kappa shape index (κ3) is 7.30. The van der Waals surface area contributed by atoms with Gasteiger partial charge in [-0.3, -0.25) is 0 Å². The van der Waals surface area contributed by atoms with Crippen LogP contribution >= 0.6 is 0 Å². The SMILES string of the molecule is CCCNCCCN(C)C(C)COC. The van der Waals surface area contributed by atoms with Gasteiger partial charge in [0.15, 0.2) is 0 Å². The number of hydrogen-bond acceptors (Lipinski definition) is 3. The van der Waals surface area contributed by atoms with E-state index in [1.807, 2.05) is 0 Å². The van der Waals surface area contributed by atoms with E-state index in [0.29, 0.717) is 6.04 Å². The lowest BCUT2D eigenvalue weighted by atomic mass is 10.3. The van der Waals surface area contributed by atoms with Crippen LogP contribution in [0, 0.1) is 0 Å². The third-order valence-corrected chi connectivity index (χ3v) is 2.45. The summed E-state index contributed by atoms with van der Waals surface area (Å²) in [7, 11) is 3.91. The number of likely N-dealkylation sites (N-methyl/N-ethyl adjacent to an activating group) is 1. The Balaban J connectivity index is 3.29. The number of nitrogens with zero attached hydrogens (tertiary/aromatic N) is 1. The number of methoxy groups -OCH3 is 1. The van der Waals surface area contributed by atoms with Gasteiger partial charge in [0.2, 0.25) is 0 Å². The van der Waals surface area contributed by atoms with E-state index in [1.54, 1.807) is 7.11 Å². The molecule has 14 heavy (non-hydrogen) atoms. The van der Waals surface area contributed by atoms with Crippen molar-refractivity contribution in [3.63, 3.8) is 0 Å². The highest BCUT2D eigenvalue weighted by Crippen LogP contribution is 1.96. The second-order valence-corrected chi connectivity index (χ2v) is 3.89. The van der Waals surface area contributed by atoms with Crippen LogP contribution in [0.5, 0.6) is 0 Å². The highest BCUT2D eigenvalue weighted by Gasteiger charge is 2.07. The standard InChI is InChI=1S/C11H26N2O/c1-5-7-12-8-6-9-13(3)11(2)10-14-4/h11-12H,5-10H2,1-4H3. The van der Waals surface area contributed by atoms with E-state index in [1.165, 1.54) is 12.8 Å². The van der Waals surface area contributed by atoms with Crippen molar-refractivity contribution >= 4 is 0 Å². The first kappa shape index (κ1) is 13.9. The smallest absolute Gasteiger partial charge is 0.0615 e. The first-order valence-electron chi connectivity index (χ1n) is 5.62. The normalized spacial score (nSPS) is 13.5. The van der Waals surface area contributed by atoms with Crippen molar-refractivity contribution < 1.29 is 4.74 Å². The van der Waals surface area contributed by atoms with Gasteiger partial charge in [0.1, 0.15) is 0 Å². The van der Waals surface area contributed by atoms with E-state index in [0.717, 1.165) is 26.2 Å². The lowest BCUT2D eigenvalue weighted by Crippen LogP contribution is -2.34. The minimum atomic E-state index is 0.520. The zero-order valence-electron chi connectivity index (χ0n) is 10.2. The molecule has 0 bridgehead atoms. The van der Waals surface area contributed by atoms with Crippen LogP contribution in [0.25, 0.3) is 0 Å². The van der Waals surface area contributed by atoms with E-state index >= 15 is 0 Å². The lowest BCUT2D eigenvalue weighted by Gasteiger charge is -2.23. The highest BCUT2D eigenvalue weighted by atomic mass is 16.5. The summed E-state index contributed by atoms with van der Waals surface area (Å²) in [5.74, 6) is 0. The van der Waals surface area contributed by atoms with Gasteiger partial charge in [-0.25, -0.2) is 0 Å². The van der Waals surface area contributed by atoms with Crippen molar-refractivity contribution in [3.05, 3.63) is 0 Å². The molecule has 0 heterocycles. The average molecular weight is 202 g/mol. The predicted octanol–water partition coefficient (Wildman–Crippen LogP) is 1.34. The minimum Gasteiger partial charge on any atom is -0.383 e. The van der Waals surface area contributed by atoms with E-state index in [9.17, 15) is 0 Å². The Kier molecular flexibility index (Phi) is 9.35. The Labute approximate surface area is 88.8 Å². The van der Waals surface area contributed by atoms with Crippen LogP contribution in [0.15, 0.2) is 0 Å². The Hall–Kier alpha value is -0.120. The zero-order chi connectivity index (χ0) is 10.8. The molecule has 3 nitrogen and oxygen atoms in total. The van der Waals surface area contributed by atoms with Gasteiger partial charge in [0.05, 0.1) is 6.61 Å². The molecule has 1 N–H and O–H groups in total. The van der Waals surface area contributed by atoms with Crippen LogP contribution in [0.4, 0.5) is 0 Å². The van der Waals surface area contributed by atoms with Crippen LogP contribution in [-0.4, -0.2) is 51.3 Å². The van der Waals surface area contributed by atoms with E-state index in [4.69, 9.17) is 4.74 Å². The number of ether oxygens (including phenoxy) is 1. The number of hydrogen-bond donors (Lipinski definition) is 1. The van der Waals surface area contributed by atoms with Gasteiger partial charge in [0.25, 0.3) is 0 Å². The number of rotatable bonds is 9. The minimum absolute atomic E-state index is 0.520. The van der Waals surface area contributed by atoms with E-state index in [2.05, 4.69) is 31.1 Å². The molecule has 0 aliphatic heterocycles. The summed E-state index contributed by atoms with van der Waals surface area (Å²) in [5.41, 5.74) is 0. The molecule has 1 unspecified atom stereocenters. The van der Waals surface area contributed by atoms with Crippen molar-refractivity contribution in [1.82, 2.24) is 10.2 Å². The van der Waals surface area contributed by atoms with Gasteiger partial charge < -0.3 is 15.0 Å². The molecule has 0 saturated heterocycles. The van der Waals surface area contributed by atoms with E-state index in [-0.39, 0.29) is 0 Å². The van der Waals surface area contributed by atoms with Crippen LogP contribution in [0.1, 0.15) is 26.7 Å². The maximum Gasteiger partial charge on any atom is 0.0615 e. The lowest BCUT2D eigenvalue weighted by molar-refractivity contribution is 0.115. The summed E-state index contributed by atoms with van der Waals surface area (Å²) in [6, 6.07) is 0.520. The summed E-state index contributed by atoms with van der Waals surface area (Å²) in [6.45, 7) is 8.61. The van der Waals surface area contributed by atoms with Crippen LogP contribution in [0.2, 0.25) is 0 Å². The van der Waals surface area contributed by atoms with E-state index < -0.39 is 0 Å². The van der Waals surface area contributed by atoms with Crippen LogP contribution in [-0.2, 0) is 4.74 Å². The Morgan fingerprint density at radius 2 is 2.07 bits per heavy atom. The van der Waals surface area contributed by atoms with Gasteiger partial charge in [-0.15, -0.1) is 0 Å². The quantitative estimate of drug-likeness (QED) is 0.571. The monoisotopic (exact) mass is 202 g/mol. The molecule has 86 valence electrons. The second kappa shape index (κ2) is 9.44. The summed E-state index contributed by atoms with van der Waals surface area (Å²) < 4.78 is 5.11. The van der Waals surface area contributed by atoms with Crippen molar-refractivity contribution in [3.8, 4) is 0 Å². The van der Waals surface area contributed by atoms with Crippen molar-refractivity contribution in [2.24, 2.45) is 0 Å². The first-order chi connectivity index (χ1) is 6.72. The molecule has 0 amide bonds. The zero-order valence-corrected chi connectivity index (χ0v) is 10.2. The van der Waals surface area contributed by atoms with Gasteiger partial charge in [0, 0.05) is 13.2 Å². The van der Waals surface area contributed by atoms with Crippen LogP contribution in [0.3, 0.4) is 0 Å². The molecule has 1 atom stereocenters. The summed E-state index contributed by atoms with van der Waals surface area (Å²) in [4.78, 5) is 2.34. The molecule has 0 rings (SSSR count). The molecule has 0 fully saturated rings. The van der Waals surface area contributed by atoms with Gasteiger partial charge in [-0.2, -0.15) is 0 Å². The molecule has 0 aromatic heterocycles. The molecule has 0 aromatic rings. The topological polar surface area (TPSA) is 24.5 Å². The first-order valence-corrected chi connectivity index (χ1v) is 5.62. The third-order valence-electron chi connectivity index (χ3n) is 2.45. The Morgan fingerprint density at radius 3 is 2.64 bits per heavy atom. The molecule has 0 radical (unpaired) electrons. The maximum atomic E-state index is 5.11. The molecule has 0 aliphatic rings. The largest absolute Gasteiger partial charge is 0.383 e. The molecule has 3 heteroatoms. The Morgan fingerprint density at radius 1 is 1.36 bits per heavy atom. The average Bonchev–Trinajstić information content (AvgIpc) is 2.17. The maximum absolute atomic E-state index is 5.11. The molecule has 0 saturated carbocycles. The van der Waals surface area contributed by atoms with Crippen molar-refractivity contribution in [1.29, 1.82) is 0 Å². The summed E-state index contributed by atoms with van der Waals surface area (Å²) in [5, 5.41) is 3.40. The van der Waals surface area contributed by atoms with Gasteiger partial charge in [-0.05, 0) is 46.4 Å². The Bertz CT molecular complexity index is 120. The molecule has 0 aromatic carbocycles. The molecular formula is C11H26N2O. The second-order valence-electron chi connectivity index (χ2n) is 3.89. The molecular weight excluding hydrogens is 176 g/mol. The van der Waals surface area contributed by atoms with Crippen molar-refractivity contribution in [2.45, 2.75) is 32.7 Å². The van der Waals surface area contributed by atoms with Gasteiger partial charge >= 0.3 is 0 Å². The number of nitrogens with one attached hydrogen (secondary N) is 1. The van der Waals surface area contributed by atoms with Gasteiger partial charge in [-0.1, -0.05) is 6.92 Å². The summed E-state index contributed by atoms with van der Waals surface area (Å²) in [6.07, 6.45) is 2.43. The fourth-order valence-electron chi connectivity index (χ4n) is 1.34. The molecule has 0 aliphatic carbocycles.